The number of aromatic nitrogens is 1. The summed E-state index contributed by atoms with van der Waals surface area (Å²) in [6.07, 6.45) is 1.34. The molecule has 1 aliphatic heterocycles. The average Bonchev–Trinajstić information content (AvgIpc) is 3.04. The van der Waals surface area contributed by atoms with Crippen molar-refractivity contribution in [1.29, 1.82) is 0 Å². The van der Waals surface area contributed by atoms with E-state index >= 15 is 0 Å². The second-order valence-corrected chi connectivity index (χ2v) is 6.66. The molecule has 5 nitrogen and oxygen atoms in total. The Balaban J connectivity index is 0.00000208. The zero-order valence-corrected chi connectivity index (χ0v) is 15.4. The van der Waals surface area contributed by atoms with E-state index in [2.05, 4.69) is 34.7 Å². The Morgan fingerprint density at radius 2 is 1.96 bits per heavy atom. The van der Waals surface area contributed by atoms with Crippen molar-refractivity contribution in [2.45, 2.75) is 25.4 Å². The maximum Gasteiger partial charge on any atom is 0.258 e. The molecule has 0 saturated carbocycles. The molecule has 130 valence electrons. The number of thiazole rings is 1. The number of carbonyl (C=O) groups excluding carboxylic acids is 1. The lowest BCUT2D eigenvalue weighted by atomic mass is 9.91. The van der Waals surface area contributed by atoms with Gasteiger partial charge in [-0.25, -0.2) is 4.98 Å². The summed E-state index contributed by atoms with van der Waals surface area (Å²) in [5.74, 6) is -0.105. The molecule has 0 atom stereocenters. The minimum atomic E-state index is -0.749. The molecule has 1 aromatic heterocycles. The van der Waals surface area contributed by atoms with Crippen molar-refractivity contribution >= 4 is 34.8 Å². The van der Waals surface area contributed by atoms with E-state index in [1.165, 1.54) is 16.9 Å². The highest BCUT2D eigenvalue weighted by Crippen LogP contribution is 2.28. The molecule has 0 radical (unpaired) electrons. The fraction of sp³-hybridized carbons (Fsp3) is 0.412. The zero-order chi connectivity index (χ0) is 16.3. The van der Waals surface area contributed by atoms with Gasteiger partial charge in [-0.2, -0.15) is 0 Å². The van der Waals surface area contributed by atoms with Crippen molar-refractivity contribution in [1.82, 2.24) is 10.3 Å². The molecular formula is C17H22ClN3O2S. The normalized spacial score (nSPS) is 16.2. The number of nitrogens with one attached hydrogen (secondary N) is 2. The molecule has 1 aromatic carbocycles. The van der Waals surface area contributed by atoms with E-state index in [0.717, 1.165) is 24.3 Å². The molecule has 3 rings (SSSR count). The number of piperidine rings is 1. The van der Waals surface area contributed by atoms with Gasteiger partial charge < -0.3 is 10.1 Å². The van der Waals surface area contributed by atoms with E-state index in [1.807, 2.05) is 17.5 Å². The third-order valence-corrected chi connectivity index (χ3v) is 5.05. The van der Waals surface area contributed by atoms with Crippen molar-refractivity contribution in [2.24, 2.45) is 0 Å². The molecule has 0 bridgehead atoms. The Morgan fingerprint density at radius 3 is 2.58 bits per heavy atom. The maximum atomic E-state index is 12.6. The van der Waals surface area contributed by atoms with Gasteiger partial charge in [0.25, 0.3) is 5.91 Å². The number of hydrogen-bond donors (Lipinski definition) is 2. The summed E-state index contributed by atoms with van der Waals surface area (Å²) < 4.78 is 5.54. The predicted molar refractivity (Wildman–Crippen MR) is 100 cm³/mol. The van der Waals surface area contributed by atoms with Gasteiger partial charge in [-0.05, 0) is 32.9 Å². The van der Waals surface area contributed by atoms with Gasteiger partial charge in [0.15, 0.2) is 5.13 Å². The fourth-order valence-corrected chi connectivity index (χ4v) is 3.47. The number of benzene rings is 1. The number of carbonyl (C=O) groups is 1. The fourth-order valence-electron chi connectivity index (χ4n) is 2.75. The first-order valence-electron chi connectivity index (χ1n) is 7.73. The molecule has 24 heavy (non-hydrogen) atoms. The second kappa shape index (κ2) is 8.07. The van der Waals surface area contributed by atoms with Crippen LogP contribution in [0.15, 0.2) is 29.6 Å². The van der Waals surface area contributed by atoms with Gasteiger partial charge >= 0.3 is 0 Å². The zero-order valence-electron chi connectivity index (χ0n) is 13.8. The molecule has 1 saturated heterocycles. The smallest absolute Gasteiger partial charge is 0.258 e. The van der Waals surface area contributed by atoms with Crippen LogP contribution in [-0.4, -0.2) is 36.7 Å². The van der Waals surface area contributed by atoms with Crippen LogP contribution in [0.25, 0.3) is 11.3 Å². The van der Waals surface area contributed by atoms with Crippen molar-refractivity contribution in [3.63, 3.8) is 0 Å². The summed E-state index contributed by atoms with van der Waals surface area (Å²) in [5, 5.41) is 8.74. The number of nitrogens with zero attached hydrogens (tertiary/aromatic N) is 1. The average molecular weight is 368 g/mol. The highest BCUT2D eigenvalue weighted by atomic mass is 35.5. The lowest BCUT2D eigenvalue weighted by Gasteiger charge is -2.34. The summed E-state index contributed by atoms with van der Waals surface area (Å²) in [4.78, 5) is 17.1. The molecular weight excluding hydrogens is 346 g/mol. The Morgan fingerprint density at radius 1 is 1.29 bits per heavy atom. The number of hydrogen-bond acceptors (Lipinski definition) is 5. The number of rotatable bonds is 4. The number of anilines is 1. The van der Waals surface area contributed by atoms with Crippen LogP contribution in [0.5, 0.6) is 0 Å². The largest absolute Gasteiger partial charge is 0.368 e. The number of aryl methyl sites for hydroxylation is 1. The summed E-state index contributed by atoms with van der Waals surface area (Å²) in [5.41, 5.74) is 2.39. The Bertz CT molecular complexity index is 681. The summed E-state index contributed by atoms with van der Waals surface area (Å²) >= 11 is 1.44. The lowest BCUT2D eigenvalue weighted by Crippen LogP contribution is -2.51. The van der Waals surface area contributed by atoms with E-state index in [-0.39, 0.29) is 18.3 Å². The molecule has 0 unspecified atom stereocenters. The third-order valence-electron chi connectivity index (χ3n) is 4.29. The first kappa shape index (κ1) is 18.9. The van der Waals surface area contributed by atoms with Crippen molar-refractivity contribution in [3.05, 3.63) is 35.2 Å². The van der Waals surface area contributed by atoms with Crippen LogP contribution in [0.4, 0.5) is 5.13 Å². The van der Waals surface area contributed by atoms with E-state index in [9.17, 15) is 4.79 Å². The lowest BCUT2D eigenvalue weighted by molar-refractivity contribution is -0.140. The van der Waals surface area contributed by atoms with Crippen LogP contribution in [0.3, 0.4) is 0 Å². The second-order valence-electron chi connectivity index (χ2n) is 5.81. The Kier molecular flexibility index (Phi) is 6.34. The molecule has 0 aliphatic carbocycles. The Hall–Kier alpha value is -1.47. The number of amides is 1. The predicted octanol–water partition coefficient (Wildman–Crippen LogP) is 3.25. The van der Waals surface area contributed by atoms with Crippen LogP contribution >= 0.6 is 23.7 Å². The van der Waals surface area contributed by atoms with Gasteiger partial charge in [-0.3, -0.25) is 10.1 Å². The summed E-state index contributed by atoms with van der Waals surface area (Å²) in [6.45, 7) is 3.63. The van der Waals surface area contributed by atoms with Crippen LogP contribution in [-0.2, 0) is 9.53 Å². The van der Waals surface area contributed by atoms with E-state index in [0.29, 0.717) is 18.0 Å². The standard InChI is InChI=1S/C17H21N3O2S.ClH/c1-12-3-5-13(6-4-12)14-11-23-16(19-14)20-15(21)17(22-2)7-9-18-10-8-17;/h3-6,11,18H,7-10H2,1-2H3,(H,19,20,21);1H. The van der Waals surface area contributed by atoms with Gasteiger partial charge in [0, 0.05) is 18.1 Å². The number of methoxy groups -OCH3 is 1. The molecule has 1 fully saturated rings. The van der Waals surface area contributed by atoms with Crippen LogP contribution in [0.2, 0.25) is 0 Å². The summed E-state index contributed by atoms with van der Waals surface area (Å²) in [7, 11) is 1.60. The molecule has 1 aliphatic rings. The van der Waals surface area contributed by atoms with Gasteiger partial charge in [-0.15, -0.1) is 23.7 Å². The highest BCUT2D eigenvalue weighted by Gasteiger charge is 2.40. The maximum absolute atomic E-state index is 12.6. The highest BCUT2D eigenvalue weighted by molar-refractivity contribution is 7.14. The molecule has 0 spiro atoms. The van der Waals surface area contributed by atoms with Gasteiger partial charge in [-0.1, -0.05) is 29.8 Å². The molecule has 1 amide bonds. The van der Waals surface area contributed by atoms with Gasteiger partial charge in [0.1, 0.15) is 5.60 Å². The van der Waals surface area contributed by atoms with E-state index < -0.39 is 5.60 Å². The molecule has 2 N–H and O–H groups in total. The van der Waals surface area contributed by atoms with Crippen molar-refractivity contribution in [3.8, 4) is 11.3 Å². The monoisotopic (exact) mass is 367 g/mol. The van der Waals surface area contributed by atoms with Crippen LogP contribution in [0, 0.1) is 6.92 Å². The quantitative estimate of drug-likeness (QED) is 0.870. The molecule has 2 heterocycles. The van der Waals surface area contributed by atoms with Gasteiger partial charge in [0.05, 0.1) is 5.69 Å². The first-order chi connectivity index (χ1) is 11.1. The molecule has 2 aromatic rings. The van der Waals surface area contributed by atoms with Crippen LogP contribution in [0.1, 0.15) is 18.4 Å². The first-order valence-corrected chi connectivity index (χ1v) is 8.61. The minimum absolute atomic E-state index is 0. The van der Waals surface area contributed by atoms with Crippen molar-refractivity contribution in [2.75, 3.05) is 25.5 Å². The van der Waals surface area contributed by atoms with Gasteiger partial charge in [0.2, 0.25) is 0 Å². The minimum Gasteiger partial charge on any atom is -0.368 e. The molecule has 7 heteroatoms. The van der Waals surface area contributed by atoms with E-state index in [4.69, 9.17) is 4.74 Å². The van der Waals surface area contributed by atoms with Crippen molar-refractivity contribution < 1.29 is 9.53 Å². The Labute approximate surface area is 152 Å². The number of ether oxygens (including phenoxy) is 1. The topological polar surface area (TPSA) is 63.2 Å². The summed E-state index contributed by atoms with van der Waals surface area (Å²) in [6, 6.07) is 8.20. The van der Waals surface area contributed by atoms with E-state index in [1.54, 1.807) is 7.11 Å². The van der Waals surface area contributed by atoms with Crippen LogP contribution < -0.4 is 10.6 Å². The SMILES string of the molecule is COC1(C(=O)Nc2nc(-c3ccc(C)cc3)cs2)CCNCC1.Cl. The third kappa shape index (κ3) is 3.95. The number of halogens is 1.